The van der Waals surface area contributed by atoms with Crippen LogP contribution in [0.2, 0.25) is 0 Å². The summed E-state index contributed by atoms with van der Waals surface area (Å²) >= 11 is 0. The second-order valence-corrected chi connectivity index (χ2v) is 5.99. The highest BCUT2D eigenvalue weighted by atomic mass is 16.5. The SMILES string of the molecule is COc1cccc(OC)c1C(=O)OCc1nc(N)nc(Nc2ccccc2C)n1. The molecule has 9 heteroatoms. The van der Waals surface area contributed by atoms with Crippen molar-refractivity contribution in [1.82, 2.24) is 15.0 Å². The summed E-state index contributed by atoms with van der Waals surface area (Å²) in [5.41, 5.74) is 7.81. The molecule has 9 nitrogen and oxygen atoms in total. The van der Waals surface area contributed by atoms with Crippen molar-refractivity contribution in [3.8, 4) is 11.5 Å². The van der Waals surface area contributed by atoms with E-state index in [4.69, 9.17) is 19.9 Å². The first kappa shape index (κ1) is 19.9. The summed E-state index contributed by atoms with van der Waals surface area (Å²) in [6, 6.07) is 12.7. The summed E-state index contributed by atoms with van der Waals surface area (Å²) in [7, 11) is 2.92. The molecular weight excluding hydrogens is 374 g/mol. The molecule has 0 aliphatic heterocycles. The fourth-order valence-electron chi connectivity index (χ4n) is 2.65. The van der Waals surface area contributed by atoms with Gasteiger partial charge in [-0.05, 0) is 30.7 Å². The zero-order chi connectivity index (χ0) is 20.8. The Kier molecular flexibility index (Phi) is 6.08. The molecule has 0 atom stereocenters. The monoisotopic (exact) mass is 395 g/mol. The van der Waals surface area contributed by atoms with E-state index in [9.17, 15) is 4.79 Å². The molecule has 0 bridgehead atoms. The molecule has 3 rings (SSSR count). The smallest absolute Gasteiger partial charge is 0.346 e. The Balaban J connectivity index is 1.77. The molecule has 2 aromatic carbocycles. The maximum atomic E-state index is 12.6. The van der Waals surface area contributed by atoms with Gasteiger partial charge in [-0.2, -0.15) is 15.0 Å². The molecule has 0 spiro atoms. The number of nitrogen functional groups attached to an aromatic ring is 1. The van der Waals surface area contributed by atoms with Gasteiger partial charge in [0.25, 0.3) is 0 Å². The van der Waals surface area contributed by atoms with E-state index in [1.165, 1.54) is 14.2 Å². The van der Waals surface area contributed by atoms with E-state index in [-0.39, 0.29) is 29.9 Å². The number of esters is 1. The van der Waals surface area contributed by atoms with Gasteiger partial charge in [0.1, 0.15) is 17.1 Å². The number of para-hydroxylation sites is 1. The zero-order valence-corrected chi connectivity index (χ0v) is 16.3. The van der Waals surface area contributed by atoms with Crippen molar-refractivity contribution in [1.29, 1.82) is 0 Å². The molecule has 0 unspecified atom stereocenters. The molecule has 0 aliphatic rings. The highest BCUT2D eigenvalue weighted by Gasteiger charge is 2.20. The van der Waals surface area contributed by atoms with E-state index in [2.05, 4.69) is 20.3 Å². The van der Waals surface area contributed by atoms with Crippen molar-refractivity contribution in [2.75, 3.05) is 25.3 Å². The van der Waals surface area contributed by atoms with E-state index in [0.717, 1.165) is 11.3 Å². The molecule has 0 saturated carbocycles. The summed E-state index contributed by atoms with van der Waals surface area (Å²) in [5.74, 6) is 0.519. The second kappa shape index (κ2) is 8.87. The highest BCUT2D eigenvalue weighted by Crippen LogP contribution is 2.29. The molecule has 29 heavy (non-hydrogen) atoms. The summed E-state index contributed by atoms with van der Waals surface area (Å²) in [4.78, 5) is 24.9. The predicted octanol–water partition coefficient (Wildman–Crippen LogP) is 2.88. The van der Waals surface area contributed by atoms with Crippen LogP contribution in [0.4, 0.5) is 17.6 Å². The average Bonchev–Trinajstić information content (AvgIpc) is 2.72. The number of benzene rings is 2. The number of carbonyl (C=O) groups is 1. The normalized spacial score (nSPS) is 10.3. The fourth-order valence-corrected chi connectivity index (χ4v) is 2.65. The first-order valence-corrected chi connectivity index (χ1v) is 8.73. The van der Waals surface area contributed by atoms with E-state index in [1.54, 1.807) is 18.2 Å². The molecule has 0 amide bonds. The van der Waals surface area contributed by atoms with Crippen molar-refractivity contribution in [2.45, 2.75) is 13.5 Å². The molecule has 1 heterocycles. The van der Waals surface area contributed by atoms with Gasteiger partial charge in [-0.3, -0.25) is 0 Å². The number of hydrogen-bond acceptors (Lipinski definition) is 9. The lowest BCUT2D eigenvalue weighted by Crippen LogP contribution is -2.12. The van der Waals surface area contributed by atoms with Crippen LogP contribution in [0.1, 0.15) is 21.7 Å². The van der Waals surface area contributed by atoms with Crippen LogP contribution in [0.25, 0.3) is 0 Å². The number of carbonyl (C=O) groups excluding carboxylic acids is 1. The number of ether oxygens (including phenoxy) is 3. The van der Waals surface area contributed by atoms with E-state index in [1.807, 2.05) is 31.2 Å². The third-order valence-corrected chi connectivity index (χ3v) is 4.05. The van der Waals surface area contributed by atoms with Crippen molar-refractivity contribution < 1.29 is 19.0 Å². The van der Waals surface area contributed by atoms with Crippen LogP contribution >= 0.6 is 0 Å². The lowest BCUT2D eigenvalue weighted by molar-refractivity contribution is 0.0454. The van der Waals surface area contributed by atoms with Crippen molar-refractivity contribution >= 4 is 23.6 Å². The quantitative estimate of drug-likeness (QED) is 0.581. The van der Waals surface area contributed by atoms with Gasteiger partial charge in [-0.25, -0.2) is 4.79 Å². The van der Waals surface area contributed by atoms with Crippen LogP contribution in [0, 0.1) is 6.92 Å². The molecule has 0 aliphatic carbocycles. The van der Waals surface area contributed by atoms with Crippen LogP contribution in [-0.2, 0) is 11.3 Å². The molecule has 1 aromatic heterocycles. The van der Waals surface area contributed by atoms with Crippen molar-refractivity contribution in [3.63, 3.8) is 0 Å². The lowest BCUT2D eigenvalue weighted by atomic mass is 10.2. The van der Waals surface area contributed by atoms with Crippen LogP contribution in [0.3, 0.4) is 0 Å². The molecular formula is C20H21N5O4. The molecule has 0 fully saturated rings. The predicted molar refractivity (Wildman–Crippen MR) is 107 cm³/mol. The topological polar surface area (TPSA) is 121 Å². The van der Waals surface area contributed by atoms with Crippen LogP contribution in [-0.4, -0.2) is 35.1 Å². The molecule has 3 N–H and O–H groups in total. The number of aryl methyl sites for hydroxylation is 1. The van der Waals surface area contributed by atoms with E-state index in [0.29, 0.717) is 11.5 Å². The Bertz CT molecular complexity index is 1000. The van der Waals surface area contributed by atoms with Gasteiger partial charge in [0.15, 0.2) is 12.4 Å². The van der Waals surface area contributed by atoms with Gasteiger partial charge in [-0.15, -0.1) is 0 Å². The Morgan fingerprint density at radius 3 is 2.34 bits per heavy atom. The Hall–Kier alpha value is -3.88. The number of aromatic nitrogens is 3. The number of nitrogens with two attached hydrogens (primary N) is 1. The largest absolute Gasteiger partial charge is 0.496 e. The van der Waals surface area contributed by atoms with Crippen molar-refractivity contribution in [3.05, 3.63) is 59.4 Å². The minimum atomic E-state index is -0.633. The van der Waals surface area contributed by atoms with E-state index >= 15 is 0 Å². The maximum absolute atomic E-state index is 12.6. The molecule has 0 radical (unpaired) electrons. The van der Waals surface area contributed by atoms with Gasteiger partial charge < -0.3 is 25.3 Å². The van der Waals surface area contributed by atoms with Crippen molar-refractivity contribution in [2.24, 2.45) is 0 Å². The Morgan fingerprint density at radius 1 is 1.00 bits per heavy atom. The lowest BCUT2D eigenvalue weighted by Gasteiger charge is -2.12. The highest BCUT2D eigenvalue weighted by molar-refractivity contribution is 5.95. The first-order valence-electron chi connectivity index (χ1n) is 8.73. The van der Waals surface area contributed by atoms with Crippen LogP contribution in [0.15, 0.2) is 42.5 Å². The summed E-state index contributed by atoms with van der Waals surface area (Å²) < 4.78 is 15.8. The number of methoxy groups -OCH3 is 2. The van der Waals surface area contributed by atoms with Crippen LogP contribution in [0.5, 0.6) is 11.5 Å². The van der Waals surface area contributed by atoms with Gasteiger partial charge in [0.2, 0.25) is 11.9 Å². The maximum Gasteiger partial charge on any atom is 0.346 e. The third-order valence-electron chi connectivity index (χ3n) is 4.05. The number of anilines is 3. The number of nitrogens with one attached hydrogen (secondary N) is 1. The van der Waals surface area contributed by atoms with Gasteiger partial charge in [-0.1, -0.05) is 24.3 Å². The summed E-state index contributed by atoms with van der Waals surface area (Å²) in [5, 5.41) is 3.09. The minimum absolute atomic E-state index is 0.0111. The summed E-state index contributed by atoms with van der Waals surface area (Å²) in [6.07, 6.45) is 0. The first-order chi connectivity index (χ1) is 14.0. The van der Waals surface area contributed by atoms with Crippen LogP contribution < -0.4 is 20.5 Å². The second-order valence-electron chi connectivity index (χ2n) is 5.99. The summed E-state index contributed by atoms with van der Waals surface area (Å²) in [6.45, 7) is 1.76. The standard InChI is InChI=1S/C20H21N5O4/c1-12-7-4-5-8-13(12)22-20-24-16(23-19(21)25-20)11-29-18(26)17-14(27-2)9-6-10-15(17)28-3/h4-10H,11H2,1-3H3,(H3,21,22,23,24,25). The molecule has 150 valence electrons. The minimum Gasteiger partial charge on any atom is -0.496 e. The zero-order valence-electron chi connectivity index (χ0n) is 16.3. The number of hydrogen-bond donors (Lipinski definition) is 2. The fraction of sp³-hybridized carbons (Fsp3) is 0.200. The Morgan fingerprint density at radius 2 is 1.69 bits per heavy atom. The number of rotatable bonds is 7. The van der Waals surface area contributed by atoms with Gasteiger partial charge in [0.05, 0.1) is 14.2 Å². The molecule has 0 saturated heterocycles. The Labute approximate surface area is 167 Å². The van der Waals surface area contributed by atoms with Gasteiger partial charge in [0, 0.05) is 5.69 Å². The third kappa shape index (κ3) is 4.70. The average molecular weight is 395 g/mol. The molecule has 3 aromatic rings. The van der Waals surface area contributed by atoms with E-state index < -0.39 is 5.97 Å². The number of nitrogens with zero attached hydrogens (tertiary/aromatic N) is 3. The van der Waals surface area contributed by atoms with Gasteiger partial charge >= 0.3 is 5.97 Å².